The van der Waals surface area contributed by atoms with E-state index in [-0.39, 0.29) is 0 Å². The van der Waals surface area contributed by atoms with Crippen LogP contribution in [0.3, 0.4) is 0 Å². The Morgan fingerprint density at radius 3 is 2.94 bits per heavy atom. The van der Waals surface area contributed by atoms with E-state index in [0.29, 0.717) is 12.0 Å². The predicted octanol–water partition coefficient (Wildman–Crippen LogP) is 2.61. The topological polar surface area (TPSA) is 35.2 Å². The van der Waals surface area contributed by atoms with Crippen LogP contribution in [0.5, 0.6) is 0 Å². The highest BCUT2D eigenvalue weighted by Gasteiger charge is 2.19. The second kappa shape index (κ2) is 5.80. The highest BCUT2D eigenvalue weighted by atomic mass is 32.1. The van der Waals surface area contributed by atoms with Crippen molar-refractivity contribution in [1.82, 2.24) is 0 Å². The van der Waals surface area contributed by atoms with E-state index < -0.39 is 0 Å². The van der Waals surface area contributed by atoms with Gasteiger partial charge in [-0.3, -0.25) is 0 Å². The fourth-order valence-electron chi connectivity index (χ4n) is 2.26. The van der Waals surface area contributed by atoms with Gasteiger partial charge in [-0.05, 0) is 43.7 Å². The first kappa shape index (κ1) is 12.1. The molecule has 2 rings (SSSR count). The number of hydrogen-bond donors (Lipinski definition) is 1. The zero-order valence-corrected chi connectivity index (χ0v) is 10.8. The summed E-state index contributed by atoms with van der Waals surface area (Å²) in [4.78, 5) is 2.90. The van der Waals surface area contributed by atoms with Crippen molar-refractivity contribution in [3.05, 3.63) is 21.9 Å². The Kier molecular flexibility index (Phi) is 4.38. The highest BCUT2D eigenvalue weighted by molar-refractivity contribution is 7.11. The normalized spacial score (nSPS) is 22.5. The summed E-state index contributed by atoms with van der Waals surface area (Å²) in [6.07, 6.45) is 4.47. The molecule has 2 N–H and O–H groups in total. The minimum atomic E-state index is 0.301. The third-order valence-electron chi connectivity index (χ3n) is 3.19. The Hall–Kier alpha value is -0.380. The first-order chi connectivity index (χ1) is 7.78. The lowest BCUT2D eigenvalue weighted by molar-refractivity contribution is 0.182. The molecule has 0 aromatic carbocycles. The van der Waals surface area contributed by atoms with Gasteiger partial charge in [0, 0.05) is 29.0 Å². The Bertz CT molecular complexity index is 317. The summed E-state index contributed by atoms with van der Waals surface area (Å²) in [5.74, 6) is 0.695. The van der Waals surface area contributed by atoms with Crippen LogP contribution >= 0.6 is 11.3 Å². The maximum absolute atomic E-state index is 6.19. The molecular formula is C13H21NOS. The monoisotopic (exact) mass is 239 g/mol. The number of nitrogens with two attached hydrogens (primary N) is 1. The summed E-state index contributed by atoms with van der Waals surface area (Å²) in [5, 5.41) is 0. The van der Waals surface area contributed by atoms with E-state index in [2.05, 4.69) is 19.1 Å². The second-order valence-corrected chi connectivity index (χ2v) is 5.90. The lowest BCUT2D eigenvalue weighted by Gasteiger charge is -2.14. The SMILES string of the molecule is CCc1ccc(CC(N)CC2CCOC2)s1. The molecule has 3 heteroatoms. The summed E-state index contributed by atoms with van der Waals surface area (Å²) in [7, 11) is 0. The molecule has 1 aromatic rings. The van der Waals surface area contributed by atoms with Crippen molar-refractivity contribution in [2.75, 3.05) is 13.2 Å². The minimum absolute atomic E-state index is 0.301. The van der Waals surface area contributed by atoms with E-state index in [0.717, 1.165) is 32.5 Å². The standard InChI is InChI=1S/C13H21NOS/c1-2-12-3-4-13(16-12)8-11(14)7-10-5-6-15-9-10/h3-4,10-11H,2,5-9,14H2,1H3. The van der Waals surface area contributed by atoms with Crippen molar-refractivity contribution < 1.29 is 4.74 Å². The smallest absolute Gasteiger partial charge is 0.0495 e. The molecular weight excluding hydrogens is 218 g/mol. The highest BCUT2D eigenvalue weighted by Crippen LogP contribution is 2.22. The molecule has 0 spiro atoms. The van der Waals surface area contributed by atoms with Crippen molar-refractivity contribution in [2.24, 2.45) is 11.7 Å². The molecule has 0 radical (unpaired) electrons. The van der Waals surface area contributed by atoms with Crippen LogP contribution in [0.25, 0.3) is 0 Å². The van der Waals surface area contributed by atoms with Gasteiger partial charge in [-0.25, -0.2) is 0 Å². The zero-order chi connectivity index (χ0) is 11.4. The summed E-state index contributed by atoms with van der Waals surface area (Å²) < 4.78 is 5.38. The molecule has 0 aliphatic carbocycles. The van der Waals surface area contributed by atoms with Crippen LogP contribution in [-0.2, 0) is 17.6 Å². The van der Waals surface area contributed by atoms with Crippen molar-refractivity contribution in [2.45, 2.75) is 38.6 Å². The Morgan fingerprint density at radius 2 is 2.31 bits per heavy atom. The van der Waals surface area contributed by atoms with E-state index in [1.807, 2.05) is 11.3 Å². The summed E-state index contributed by atoms with van der Waals surface area (Å²) in [5.41, 5.74) is 6.19. The molecule has 1 aromatic heterocycles. The van der Waals surface area contributed by atoms with Crippen molar-refractivity contribution in [3.63, 3.8) is 0 Å². The fourth-order valence-corrected chi connectivity index (χ4v) is 3.31. The lowest BCUT2D eigenvalue weighted by atomic mass is 9.97. The van der Waals surface area contributed by atoms with E-state index in [1.165, 1.54) is 16.2 Å². The van der Waals surface area contributed by atoms with Crippen LogP contribution in [-0.4, -0.2) is 19.3 Å². The lowest BCUT2D eigenvalue weighted by Crippen LogP contribution is -2.25. The minimum Gasteiger partial charge on any atom is -0.381 e. The van der Waals surface area contributed by atoms with Gasteiger partial charge < -0.3 is 10.5 Å². The van der Waals surface area contributed by atoms with Gasteiger partial charge in [-0.1, -0.05) is 6.92 Å². The average molecular weight is 239 g/mol. The predicted molar refractivity (Wildman–Crippen MR) is 68.9 cm³/mol. The van der Waals surface area contributed by atoms with Crippen molar-refractivity contribution in [3.8, 4) is 0 Å². The summed E-state index contributed by atoms with van der Waals surface area (Å²) >= 11 is 1.91. The van der Waals surface area contributed by atoms with Crippen LogP contribution in [0.2, 0.25) is 0 Å². The summed E-state index contributed by atoms with van der Waals surface area (Å²) in [6.45, 7) is 4.04. The van der Waals surface area contributed by atoms with E-state index >= 15 is 0 Å². The largest absolute Gasteiger partial charge is 0.381 e. The summed E-state index contributed by atoms with van der Waals surface area (Å²) in [6, 6.07) is 4.76. The first-order valence-corrected chi connectivity index (χ1v) is 7.00. The van der Waals surface area contributed by atoms with Crippen molar-refractivity contribution in [1.29, 1.82) is 0 Å². The van der Waals surface area contributed by atoms with Gasteiger partial charge in [0.2, 0.25) is 0 Å². The third-order valence-corrected chi connectivity index (χ3v) is 4.44. The third kappa shape index (κ3) is 3.30. The molecule has 1 aliphatic heterocycles. The van der Waals surface area contributed by atoms with E-state index in [9.17, 15) is 0 Å². The molecule has 0 bridgehead atoms. The van der Waals surface area contributed by atoms with Gasteiger partial charge in [0.05, 0.1) is 0 Å². The van der Waals surface area contributed by atoms with Gasteiger partial charge in [0.25, 0.3) is 0 Å². The molecule has 2 unspecified atom stereocenters. The van der Waals surface area contributed by atoms with Gasteiger partial charge in [0.1, 0.15) is 0 Å². The number of aryl methyl sites for hydroxylation is 1. The van der Waals surface area contributed by atoms with Crippen LogP contribution < -0.4 is 5.73 Å². The number of thiophene rings is 1. The molecule has 16 heavy (non-hydrogen) atoms. The second-order valence-electron chi connectivity index (χ2n) is 4.65. The zero-order valence-electron chi connectivity index (χ0n) is 9.95. The quantitative estimate of drug-likeness (QED) is 0.857. The van der Waals surface area contributed by atoms with Crippen molar-refractivity contribution >= 4 is 11.3 Å². The van der Waals surface area contributed by atoms with Gasteiger partial charge in [-0.2, -0.15) is 0 Å². The van der Waals surface area contributed by atoms with Crippen LogP contribution in [0.15, 0.2) is 12.1 Å². The first-order valence-electron chi connectivity index (χ1n) is 6.19. The molecule has 0 amide bonds. The number of rotatable bonds is 5. The van der Waals surface area contributed by atoms with Crippen LogP contribution in [0.1, 0.15) is 29.5 Å². The van der Waals surface area contributed by atoms with E-state index in [1.54, 1.807) is 0 Å². The fraction of sp³-hybridized carbons (Fsp3) is 0.692. The average Bonchev–Trinajstić information content (AvgIpc) is 2.89. The molecule has 2 nitrogen and oxygen atoms in total. The Balaban J connectivity index is 1.79. The Labute approximate surface area is 102 Å². The molecule has 90 valence electrons. The van der Waals surface area contributed by atoms with Crippen LogP contribution in [0, 0.1) is 5.92 Å². The molecule has 1 aliphatic rings. The maximum atomic E-state index is 6.19. The molecule has 2 heterocycles. The number of hydrogen-bond acceptors (Lipinski definition) is 3. The van der Waals surface area contributed by atoms with Gasteiger partial charge in [-0.15, -0.1) is 11.3 Å². The molecule has 1 fully saturated rings. The number of ether oxygens (including phenoxy) is 1. The van der Waals surface area contributed by atoms with Gasteiger partial charge >= 0.3 is 0 Å². The van der Waals surface area contributed by atoms with Gasteiger partial charge in [0.15, 0.2) is 0 Å². The molecule has 1 saturated heterocycles. The van der Waals surface area contributed by atoms with E-state index in [4.69, 9.17) is 10.5 Å². The molecule has 0 saturated carbocycles. The molecule has 2 atom stereocenters. The van der Waals surface area contributed by atoms with Crippen LogP contribution in [0.4, 0.5) is 0 Å². The maximum Gasteiger partial charge on any atom is 0.0495 e. The Morgan fingerprint density at radius 1 is 1.50 bits per heavy atom.